The highest BCUT2D eigenvalue weighted by Gasteiger charge is 2.21. The Morgan fingerprint density at radius 3 is 2.62 bits per heavy atom. The van der Waals surface area contributed by atoms with Crippen molar-refractivity contribution in [2.45, 2.75) is 44.6 Å². The van der Waals surface area contributed by atoms with Gasteiger partial charge in [-0.3, -0.25) is 10.0 Å². The summed E-state index contributed by atoms with van der Waals surface area (Å²) >= 11 is 0. The fourth-order valence-corrected chi connectivity index (χ4v) is 2.38. The molecule has 6 nitrogen and oxygen atoms in total. The molecule has 0 radical (unpaired) electrons. The first-order chi connectivity index (χ1) is 11.7. The quantitative estimate of drug-likeness (QED) is 0.190. The van der Waals surface area contributed by atoms with Crippen LogP contribution >= 0.6 is 0 Å². The lowest BCUT2D eigenvalue weighted by molar-refractivity contribution is -0.475. The summed E-state index contributed by atoms with van der Waals surface area (Å²) in [5.41, 5.74) is 2.25. The van der Waals surface area contributed by atoms with E-state index in [1.165, 1.54) is 0 Å². The number of rotatable bonds is 13. The lowest BCUT2D eigenvalue weighted by Crippen LogP contribution is -2.24. The van der Waals surface area contributed by atoms with Crippen LogP contribution in [0.4, 0.5) is 5.69 Å². The highest BCUT2D eigenvalue weighted by molar-refractivity contribution is 5.74. The van der Waals surface area contributed by atoms with Crippen LogP contribution in [-0.2, 0) is 9.53 Å². The number of nitrogens with one attached hydrogen (secondary N) is 1. The maximum atomic E-state index is 12.2. The number of amides is 1. The Kier molecular flexibility index (Phi) is 10.3. The van der Waals surface area contributed by atoms with Crippen molar-refractivity contribution < 1.29 is 19.5 Å². The van der Waals surface area contributed by atoms with Gasteiger partial charge in [0.2, 0.25) is 12.5 Å². The number of hydrogen-bond donors (Lipinski definition) is 2. The van der Waals surface area contributed by atoms with Crippen molar-refractivity contribution in [3.63, 3.8) is 0 Å². The Morgan fingerprint density at radius 1 is 1.25 bits per heavy atom. The summed E-state index contributed by atoms with van der Waals surface area (Å²) in [7, 11) is 0. The minimum Gasteiger partial charge on any atom is -0.367 e. The monoisotopic (exact) mass is 335 g/mol. The van der Waals surface area contributed by atoms with Crippen molar-refractivity contribution in [2.24, 2.45) is 0 Å². The Bertz CT molecular complexity index is 505. The van der Waals surface area contributed by atoms with Crippen LogP contribution in [0.1, 0.15) is 38.5 Å². The number of hydroxylamine groups is 1. The molecule has 0 aromatic heterocycles. The predicted molar refractivity (Wildman–Crippen MR) is 92.2 cm³/mol. The lowest BCUT2D eigenvalue weighted by atomic mass is 10.1. The molecule has 24 heavy (non-hydrogen) atoms. The van der Waals surface area contributed by atoms with Crippen molar-refractivity contribution >= 4 is 11.6 Å². The van der Waals surface area contributed by atoms with Crippen LogP contribution in [0.2, 0.25) is 0 Å². The number of carbonyl (C=O) groups excluding carboxylic acids is 1. The third-order valence-corrected chi connectivity index (χ3v) is 3.67. The minimum atomic E-state index is -0.355. The molecule has 0 fully saturated rings. The van der Waals surface area contributed by atoms with E-state index in [-0.39, 0.29) is 18.6 Å². The minimum absolute atomic E-state index is 0.151. The fourth-order valence-electron chi connectivity index (χ4n) is 2.38. The zero-order valence-corrected chi connectivity index (χ0v) is 14.0. The molecule has 1 atom stereocenters. The molecule has 1 unspecified atom stereocenters. The van der Waals surface area contributed by atoms with Gasteiger partial charge in [0.15, 0.2) is 0 Å². The van der Waals surface area contributed by atoms with E-state index >= 15 is 0 Å². The summed E-state index contributed by atoms with van der Waals surface area (Å²) in [5, 5.41) is 8.41. The Morgan fingerprint density at radius 2 is 1.96 bits per heavy atom. The largest absolute Gasteiger partial charge is 0.367 e. The number of para-hydroxylation sites is 1. The van der Waals surface area contributed by atoms with E-state index in [4.69, 9.17) is 9.94 Å². The third kappa shape index (κ3) is 8.55. The number of unbranched alkanes of at least 4 members (excludes halogenated alkanes) is 3. The predicted octanol–water partition coefficient (Wildman–Crippen LogP) is 3.51. The topological polar surface area (TPSA) is 78.6 Å². The molecule has 1 amide bonds. The average Bonchev–Trinajstić information content (AvgIpc) is 2.62. The summed E-state index contributed by atoms with van der Waals surface area (Å²) in [4.78, 5) is 23.1. The molecule has 0 aliphatic rings. The van der Waals surface area contributed by atoms with Gasteiger partial charge in [0.1, 0.15) is 6.10 Å². The molecule has 2 N–H and O–H groups in total. The summed E-state index contributed by atoms with van der Waals surface area (Å²) in [5.74, 6) is -0.355. The summed E-state index contributed by atoms with van der Waals surface area (Å²) < 4.78 is 6.65. The van der Waals surface area contributed by atoms with E-state index in [9.17, 15) is 9.70 Å². The number of hydrogen-bond acceptors (Lipinski definition) is 4. The normalized spacial score (nSPS) is 11.7. The molecule has 0 spiro atoms. The first kappa shape index (κ1) is 20.0. The number of nitrogens with zero attached hydrogens (tertiary/aromatic N) is 1. The highest BCUT2D eigenvalue weighted by Crippen LogP contribution is 2.15. The van der Waals surface area contributed by atoms with Crippen LogP contribution in [-0.4, -0.2) is 35.1 Å². The number of ether oxygens (including phenoxy) is 1. The van der Waals surface area contributed by atoms with Gasteiger partial charge >= 0.3 is 0 Å². The van der Waals surface area contributed by atoms with Gasteiger partial charge in [-0.25, -0.2) is 5.48 Å². The summed E-state index contributed by atoms with van der Waals surface area (Å²) in [6.45, 7) is 4.34. The molecule has 0 aliphatic heterocycles. The Balaban J connectivity index is 2.32. The van der Waals surface area contributed by atoms with Gasteiger partial charge < -0.3 is 4.74 Å². The van der Waals surface area contributed by atoms with Crippen molar-refractivity contribution in [2.75, 3.05) is 13.2 Å². The van der Waals surface area contributed by atoms with Crippen LogP contribution in [0.5, 0.6) is 0 Å². The maximum absolute atomic E-state index is 12.2. The standard InChI is InChI=1S/C18H26N2O4/c1-2-14-24-17(12-8-3-4-9-13-18(21)19-22)15-20(23)16-10-6-5-7-11-16/h2,5-7,10-11,17H,1,3-4,8-9,12-15H2,(H-,19,21,22)/p+1. The number of carbonyl (C=O) groups is 1. The van der Waals surface area contributed by atoms with Crippen LogP contribution < -0.4 is 5.48 Å². The number of nitroso groups, excluding NO2 is 1. The lowest BCUT2D eigenvalue weighted by Gasteiger charge is -2.12. The van der Waals surface area contributed by atoms with E-state index in [0.717, 1.165) is 36.9 Å². The van der Waals surface area contributed by atoms with E-state index in [1.807, 2.05) is 18.2 Å². The van der Waals surface area contributed by atoms with Gasteiger partial charge in [0, 0.05) is 28.2 Å². The number of benzene rings is 1. The van der Waals surface area contributed by atoms with Crippen LogP contribution in [0, 0.1) is 4.91 Å². The third-order valence-electron chi connectivity index (χ3n) is 3.67. The molecule has 0 saturated carbocycles. The first-order valence-electron chi connectivity index (χ1n) is 8.32. The fraction of sp³-hybridized carbons (Fsp3) is 0.500. The van der Waals surface area contributed by atoms with E-state index in [1.54, 1.807) is 23.7 Å². The Labute approximate surface area is 143 Å². The van der Waals surface area contributed by atoms with Gasteiger partial charge in [-0.15, -0.1) is 6.58 Å². The zero-order chi connectivity index (χ0) is 17.6. The van der Waals surface area contributed by atoms with E-state index < -0.39 is 0 Å². The molecule has 6 heteroatoms. The Hall–Kier alpha value is -2.05. The first-order valence-corrected chi connectivity index (χ1v) is 8.32. The van der Waals surface area contributed by atoms with Crippen molar-refractivity contribution in [1.82, 2.24) is 5.48 Å². The molecule has 132 valence electrons. The second kappa shape index (κ2) is 12.4. The van der Waals surface area contributed by atoms with Gasteiger partial charge in [0.25, 0.3) is 5.69 Å². The van der Waals surface area contributed by atoms with Crippen LogP contribution in [0.25, 0.3) is 0 Å². The molecule has 0 saturated heterocycles. The van der Waals surface area contributed by atoms with Gasteiger partial charge in [-0.05, 0) is 12.8 Å². The molecule has 1 rings (SSSR count). The average molecular weight is 335 g/mol. The van der Waals surface area contributed by atoms with Gasteiger partial charge in [0.05, 0.1) is 6.61 Å². The molecule has 0 aliphatic carbocycles. The maximum Gasteiger partial charge on any atom is 0.256 e. The van der Waals surface area contributed by atoms with Crippen molar-refractivity contribution in [1.29, 1.82) is 0 Å². The zero-order valence-electron chi connectivity index (χ0n) is 14.0. The van der Waals surface area contributed by atoms with Crippen LogP contribution in [0.15, 0.2) is 43.0 Å². The molecular formula is C18H27N2O4+. The summed E-state index contributed by atoms with van der Waals surface area (Å²) in [6.07, 6.45) is 6.16. The highest BCUT2D eigenvalue weighted by atomic mass is 16.5. The summed E-state index contributed by atoms with van der Waals surface area (Å²) in [6, 6.07) is 9.11. The molecule has 0 heterocycles. The van der Waals surface area contributed by atoms with Crippen molar-refractivity contribution in [3.8, 4) is 0 Å². The molecule has 1 aromatic rings. The van der Waals surface area contributed by atoms with Crippen LogP contribution in [0.3, 0.4) is 0 Å². The second-order valence-electron chi connectivity index (χ2n) is 5.63. The van der Waals surface area contributed by atoms with E-state index in [0.29, 0.717) is 18.7 Å². The molecular weight excluding hydrogens is 308 g/mol. The van der Waals surface area contributed by atoms with Gasteiger partial charge in [-0.1, -0.05) is 43.5 Å². The second-order valence-corrected chi connectivity index (χ2v) is 5.63. The SMILES string of the molecule is C=CCOC(CCCCCCC(=O)NO)C[N+](=O)c1ccccc1. The van der Waals surface area contributed by atoms with E-state index in [2.05, 4.69) is 6.58 Å². The van der Waals surface area contributed by atoms with Gasteiger partial charge in [-0.2, -0.15) is 0 Å². The smallest absolute Gasteiger partial charge is 0.256 e. The van der Waals surface area contributed by atoms with Crippen molar-refractivity contribution in [3.05, 3.63) is 47.9 Å². The molecule has 1 aromatic carbocycles. The molecule has 0 bridgehead atoms.